The first-order valence-corrected chi connectivity index (χ1v) is 9.60. The van der Waals surface area contributed by atoms with Crippen LogP contribution in [0.1, 0.15) is 25.3 Å². The minimum atomic E-state index is -1.19. The van der Waals surface area contributed by atoms with Crippen LogP contribution in [0.15, 0.2) is 24.3 Å². The highest BCUT2D eigenvalue weighted by atomic mass is 16.5. The molecule has 2 aliphatic heterocycles. The zero-order valence-corrected chi connectivity index (χ0v) is 16.7. The van der Waals surface area contributed by atoms with Gasteiger partial charge in [0.25, 0.3) is 5.91 Å². The lowest BCUT2D eigenvalue weighted by Crippen LogP contribution is -2.47. The molecule has 0 radical (unpaired) electrons. The maximum atomic E-state index is 13.0. The van der Waals surface area contributed by atoms with Gasteiger partial charge < -0.3 is 20.3 Å². The maximum Gasteiger partial charge on any atom is 0.325 e. The number of carbonyl (C=O) groups excluding carboxylic acids is 3. The summed E-state index contributed by atoms with van der Waals surface area (Å²) in [7, 11) is 3.49. The highest BCUT2D eigenvalue weighted by Gasteiger charge is 2.49. The molecule has 8 heteroatoms. The second-order valence-corrected chi connectivity index (χ2v) is 7.56. The number of imide groups is 1. The van der Waals surface area contributed by atoms with Gasteiger partial charge in [0.15, 0.2) is 0 Å². The Kier molecular flexibility index (Phi) is 5.88. The number of rotatable bonds is 6. The molecule has 2 aliphatic rings. The lowest BCUT2D eigenvalue weighted by molar-refractivity contribution is -0.139. The van der Waals surface area contributed by atoms with Crippen molar-refractivity contribution in [2.45, 2.75) is 25.3 Å². The lowest BCUT2D eigenvalue weighted by Gasteiger charge is -2.32. The number of ether oxygens (including phenoxy) is 1. The molecule has 1 aromatic carbocycles. The van der Waals surface area contributed by atoms with Crippen molar-refractivity contribution in [1.29, 1.82) is 0 Å². The quantitative estimate of drug-likeness (QED) is 0.708. The molecule has 28 heavy (non-hydrogen) atoms. The number of nitrogens with zero attached hydrogens (tertiary/aromatic N) is 2. The van der Waals surface area contributed by atoms with Crippen molar-refractivity contribution in [3.63, 3.8) is 0 Å². The third-order valence-electron chi connectivity index (χ3n) is 5.70. The number of benzene rings is 1. The predicted octanol–water partition coefficient (Wildman–Crippen LogP) is 0.920. The summed E-state index contributed by atoms with van der Waals surface area (Å²) in [6, 6.07) is 6.43. The number of methoxy groups -OCH3 is 1. The van der Waals surface area contributed by atoms with Gasteiger partial charge in [-0.3, -0.25) is 14.5 Å². The number of amides is 4. The molecule has 0 saturated carbocycles. The van der Waals surface area contributed by atoms with Gasteiger partial charge in [-0.2, -0.15) is 0 Å². The third-order valence-corrected chi connectivity index (χ3v) is 5.70. The van der Waals surface area contributed by atoms with E-state index in [9.17, 15) is 14.4 Å². The van der Waals surface area contributed by atoms with Crippen LogP contribution < -0.4 is 15.4 Å². The van der Waals surface area contributed by atoms with E-state index in [1.54, 1.807) is 43.2 Å². The number of urea groups is 1. The van der Waals surface area contributed by atoms with Gasteiger partial charge in [-0.1, -0.05) is 12.1 Å². The van der Waals surface area contributed by atoms with Gasteiger partial charge >= 0.3 is 6.03 Å². The van der Waals surface area contributed by atoms with Crippen molar-refractivity contribution in [1.82, 2.24) is 20.4 Å². The average Bonchev–Trinajstić information content (AvgIpc) is 2.93. The zero-order chi connectivity index (χ0) is 20.3. The van der Waals surface area contributed by atoms with Crippen molar-refractivity contribution in [3.8, 4) is 5.75 Å². The van der Waals surface area contributed by atoms with Crippen molar-refractivity contribution in [2.75, 3.05) is 40.3 Å². The van der Waals surface area contributed by atoms with Crippen LogP contribution in [0.25, 0.3) is 0 Å². The molecule has 0 bridgehead atoms. The number of hydrogen-bond acceptors (Lipinski definition) is 5. The van der Waals surface area contributed by atoms with E-state index in [1.165, 1.54) is 0 Å². The summed E-state index contributed by atoms with van der Waals surface area (Å²) in [5.74, 6) is 0.619. The molecular weight excluding hydrogens is 360 g/mol. The molecule has 152 valence electrons. The van der Waals surface area contributed by atoms with Gasteiger partial charge in [0.05, 0.1) is 7.11 Å². The van der Waals surface area contributed by atoms with Crippen LogP contribution in [0.5, 0.6) is 5.75 Å². The minimum Gasteiger partial charge on any atom is -0.497 e. The predicted molar refractivity (Wildman–Crippen MR) is 104 cm³/mol. The van der Waals surface area contributed by atoms with Gasteiger partial charge in [-0.05, 0) is 57.0 Å². The molecule has 1 atom stereocenters. The Morgan fingerprint density at radius 2 is 1.89 bits per heavy atom. The summed E-state index contributed by atoms with van der Waals surface area (Å²) in [6.45, 7) is 3.68. The number of piperidine rings is 1. The largest absolute Gasteiger partial charge is 0.497 e. The fourth-order valence-corrected chi connectivity index (χ4v) is 3.87. The summed E-state index contributed by atoms with van der Waals surface area (Å²) >= 11 is 0. The van der Waals surface area contributed by atoms with Gasteiger partial charge in [-0.25, -0.2) is 4.79 Å². The minimum absolute atomic E-state index is 0.189. The number of hydrogen-bond donors (Lipinski definition) is 2. The van der Waals surface area contributed by atoms with E-state index in [1.807, 2.05) is 7.05 Å². The van der Waals surface area contributed by atoms with Crippen molar-refractivity contribution in [3.05, 3.63) is 29.8 Å². The smallest absolute Gasteiger partial charge is 0.325 e. The second kappa shape index (κ2) is 8.18. The van der Waals surface area contributed by atoms with E-state index in [4.69, 9.17) is 4.74 Å². The Hall–Kier alpha value is -2.61. The highest BCUT2D eigenvalue weighted by molar-refractivity contribution is 6.09. The lowest BCUT2D eigenvalue weighted by atomic mass is 9.92. The maximum absolute atomic E-state index is 13.0. The number of carbonyl (C=O) groups is 3. The Morgan fingerprint density at radius 3 is 2.46 bits per heavy atom. The zero-order valence-electron chi connectivity index (χ0n) is 16.7. The summed E-state index contributed by atoms with van der Waals surface area (Å²) in [4.78, 5) is 40.8. The van der Waals surface area contributed by atoms with Crippen LogP contribution >= 0.6 is 0 Å². The molecule has 2 fully saturated rings. The fourth-order valence-electron chi connectivity index (χ4n) is 3.87. The molecule has 1 unspecified atom stereocenters. The monoisotopic (exact) mass is 388 g/mol. The van der Waals surface area contributed by atoms with Crippen molar-refractivity contribution in [2.24, 2.45) is 5.92 Å². The van der Waals surface area contributed by atoms with Crippen LogP contribution in [-0.4, -0.2) is 68.0 Å². The molecule has 3 rings (SSSR count). The molecule has 2 N–H and O–H groups in total. The molecule has 0 aliphatic carbocycles. The Morgan fingerprint density at radius 1 is 1.25 bits per heavy atom. The van der Waals surface area contributed by atoms with Crippen LogP contribution in [0.3, 0.4) is 0 Å². The van der Waals surface area contributed by atoms with E-state index in [0.717, 1.165) is 24.3 Å². The van der Waals surface area contributed by atoms with Gasteiger partial charge in [0.1, 0.15) is 17.8 Å². The number of nitrogens with one attached hydrogen (secondary N) is 2. The van der Waals surface area contributed by atoms with Gasteiger partial charge in [0, 0.05) is 13.1 Å². The van der Waals surface area contributed by atoms with Gasteiger partial charge in [-0.15, -0.1) is 0 Å². The first-order chi connectivity index (χ1) is 13.4. The second-order valence-electron chi connectivity index (χ2n) is 7.56. The van der Waals surface area contributed by atoms with Crippen LogP contribution in [-0.2, 0) is 15.1 Å². The molecule has 0 aromatic heterocycles. The molecular formula is C20H28N4O4. The Labute approximate surface area is 165 Å². The Bertz CT molecular complexity index is 743. The van der Waals surface area contributed by atoms with Crippen LogP contribution in [0.4, 0.5) is 4.79 Å². The third kappa shape index (κ3) is 3.82. The van der Waals surface area contributed by atoms with Crippen LogP contribution in [0, 0.1) is 5.92 Å². The van der Waals surface area contributed by atoms with E-state index in [2.05, 4.69) is 10.6 Å². The van der Waals surface area contributed by atoms with E-state index >= 15 is 0 Å². The van der Waals surface area contributed by atoms with Crippen LogP contribution in [0.2, 0.25) is 0 Å². The summed E-state index contributed by atoms with van der Waals surface area (Å²) in [6.07, 6.45) is 1.85. The SMILES string of the molecule is CNCC1CCN(C(=O)CN2C(=O)NC(C)(c3ccc(OC)cc3)C2=O)CC1. The summed E-state index contributed by atoms with van der Waals surface area (Å²) in [5.41, 5.74) is -0.543. The first kappa shape index (κ1) is 20.1. The van der Waals surface area contributed by atoms with E-state index in [0.29, 0.717) is 30.3 Å². The summed E-state index contributed by atoms with van der Waals surface area (Å²) in [5, 5.41) is 5.90. The van der Waals surface area contributed by atoms with Crippen molar-refractivity contribution < 1.29 is 19.1 Å². The molecule has 8 nitrogen and oxygen atoms in total. The molecule has 4 amide bonds. The van der Waals surface area contributed by atoms with E-state index < -0.39 is 17.5 Å². The van der Waals surface area contributed by atoms with E-state index in [-0.39, 0.29) is 12.5 Å². The summed E-state index contributed by atoms with van der Waals surface area (Å²) < 4.78 is 5.14. The Balaban J connectivity index is 1.65. The molecule has 0 spiro atoms. The fraction of sp³-hybridized carbons (Fsp3) is 0.550. The average molecular weight is 388 g/mol. The molecule has 2 saturated heterocycles. The highest BCUT2D eigenvalue weighted by Crippen LogP contribution is 2.30. The standard InChI is InChI=1S/C20H28N4O4/c1-20(15-4-6-16(28-3)7-5-15)18(26)24(19(27)22-20)13-17(25)23-10-8-14(9-11-23)12-21-2/h4-7,14,21H,8-13H2,1-3H3,(H,22,27). The first-order valence-electron chi connectivity index (χ1n) is 9.60. The molecule has 1 aromatic rings. The number of likely N-dealkylation sites (tertiary alicyclic amines) is 1. The normalized spacial score (nSPS) is 23.1. The molecule has 2 heterocycles. The topological polar surface area (TPSA) is 91.0 Å². The van der Waals surface area contributed by atoms with Gasteiger partial charge in [0.2, 0.25) is 5.91 Å². The van der Waals surface area contributed by atoms with Crippen molar-refractivity contribution >= 4 is 17.8 Å².